The van der Waals surface area contributed by atoms with E-state index in [0.717, 1.165) is 11.1 Å². The molecule has 2 rings (SSSR count). The number of carbonyl (C=O) groups excluding carboxylic acids is 1. The highest BCUT2D eigenvalue weighted by Gasteiger charge is 2.13. The maximum Gasteiger partial charge on any atom is 0.251 e. The summed E-state index contributed by atoms with van der Waals surface area (Å²) in [6.45, 7) is 0. The molecule has 5 heteroatoms. The standard InChI is InChI=1S/C12H12ClN3O/c1-14-12(17)9-4-2-3-8(5-9)10-6-11(13)16-15-7-10/h2-5,7,11H,6H2,1H3,(H,14,17). The molecule has 0 aliphatic carbocycles. The van der Waals surface area contributed by atoms with E-state index in [1.54, 1.807) is 19.3 Å². The molecular weight excluding hydrogens is 238 g/mol. The van der Waals surface area contributed by atoms with Crippen molar-refractivity contribution in [3.63, 3.8) is 0 Å². The van der Waals surface area contributed by atoms with Gasteiger partial charge in [-0.2, -0.15) is 10.2 Å². The van der Waals surface area contributed by atoms with Gasteiger partial charge in [0, 0.05) is 19.0 Å². The van der Waals surface area contributed by atoms with E-state index in [-0.39, 0.29) is 11.4 Å². The van der Waals surface area contributed by atoms with Crippen LogP contribution in [0.2, 0.25) is 0 Å². The molecule has 1 aliphatic heterocycles. The lowest BCUT2D eigenvalue weighted by Gasteiger charge is -2.12. The van der Waals surface area contributed by atoms with Crippen molar-refractivity contribution in [2.24, 2.45) is 10.2 Å². The van der Waals surface area contributed by atoms with E-state index in [1.165, 1.54) is 0 Å². The number of carbonyl (C=O) groups is 1. The summed E-state index contributed by atoms with van der Waals surface area (Å²) in [6, 6.07) is 7.37. The molecule has 0 fully saturated rings. The van der Waals surface area contributed by atoms with Crippen molar-refractivity contribution in [1.82, 2.24) is 5.32 Å². The normalized spacial score (nSPS) is 18.7. The molecule has 4 nitrogen and oxygen atoms in total. The smallest absolute Gasteiger partial charge is 0.251 e. The highest BCUT2D eigenvalue weighted by Crippen LogP contribution is 2.27. The van der Waals surface area contributed by atoms with E-state index in [9.17, 15) is 4.79 Å². The predicted octanol–water partition coefficient (Wildman–Crippen LogP) is 2.81. The van der Waals surface area contributed by atoms with Gasteiger partial charge >= 0.3 is 0 Å². The van der Waals surface area contributed by atoms with Crippen LogP contribution in [-0.4, -0.2) is 18.5 Å². The van der Waals surface area contributed by atoms with Crippen molar-refractivity contribution >= 4 is 23.1 Å². The van der Waals surface area contributed by atoms with Gasteiger partial charge in [0.2, 0.25) is 0 Å². The number of hydrogen-bond acceptors (Lipinski definition) is 3. The summed E-state index contributed by atoms with van der Waals surface area (Å²) in [4.78, 5) is 11.5. The Labute approximate surface area is 104 Å². The Kier molecular flexibility index (Phi) is 3.54. The average molecular weight is 250 g/mol. The SMILES string of the molecule is CNC(=O)c1cccc(C2=CN=NC(Cl)C2)c1. The molecule has 17 heavy (non-hydrogen) atoms. The molecule has 0 saturated heterocycles. The predicted molar refractivity (Wildman–Crippen MR) is 66.9 cm³/mol. The maximum atomic E-state index is 11.5. The second-order valence-electron chi connectivity index (χ2n) is 3.68. The molecule has 0 spiro atoms. The number of benzene rings is 1. The topological polar surface area (TPSA) is 53.8 Å². The zero-order valence-corrected chi connectivity index (χ0v) is 10.1. The Morgan fingerprint density at radius 1 is 1.53 bits per heavy atom. The Bertz CT molecular complexity index is 496. The lowest BCUT2D eigenvalue weighted by Crippen LogP contribution is -2.17. The molecular formula is C12H12ClN3O. The molecule has 1 unspecified atom stereocenters. The Balaban J connectivity index is 2.30. The van der Waals surface area contributed by atoms with Crippen LogP contribution in [-0.2, 0) is 0 Å². The van der Waals surface area contributed by atoms with Crippen molar-refractivity contribution < 1.29 is 4.79 Å². The molecule has 0 saturated carbocycles. The van der Waals surface area contributed by atoms with Crippen molar-refractivity contribution in [2.75, 3.05) is 7.05 Å². The number of nitrogens with zero attached hydrogens (tertiary/aromatic N) is 2. The van der Waals surface area contributed by atoms with Crippen molar-refractivity contribution in [3.05, 3.63) is 41.6 Å². The number of nitrogens with one attached hydrogen (secondary N) is 1. The first-order chi connectivity index (χ1) is 8.20. The lowest BCUT2D eigenvalue weighted by atomic mass is 10.0. The first kappa shape index (κ1) is 11.8. The quantitative estimate of drug-likeness (QED) is 0.636. The number of azo groups is 1. The van der Waals surface area contributed by atoms with Crippen LogP contribution in [0.3, 0.4) is 0 Å². The zero-order chi connectivity index (χ0) is 12.3. The highest BCUT2D eigenvalue weighted by atomic mass is 35.5. The summed E-state index contributed by atoms with van der Waals surface area (Å²) >= 11 is 5.91. The summed E-state index contributed by atoms with van der Waals surface area (Å²) in [5.74, 6) is -0.104. The van der Waals surface area contributed by atoms with E-state index in [1.807, 2.05) is 18.2 Å². The van der Waals surface area contributed by atoms with Crippen LogP contribution in [0.5, 0.6) is 0 Å². The zero-order valence-electron chi connectivity index (χ0n) is 9.35. The fourth-order valence-electron chi connectivity index (χ4n) is 1.65. The van der Waals surface area contributed by atoms with Gasteiger partial charge in [0.15, 0.2) is 0 Å². The van der Waals surface area contributed by atoms with Crippen molar-refractivity contribution in [2.45, 2.75) is 11.9 Å². The van der Waals surface area contributed by atoms with E-state index in [4.69, 9.17) is 11.6 Å². The minimum atomic E-state index is -0.321. The number of alkyl halides is 1. The average Bonchev–Trinajstić information content (AvgIpc) is 2.38. The second kappa shape index (κ2) is 5.10. The molecule has 0 bridgehead atoms. The van der Waals surface area contributed by atoms with Crippen LogP contribution in [0, 0.1) is 0 Å². The van der Waals surface area contributed by atoms with Crippen LogP contribution in [0.1, 0.15) is 22.3 Å². The Morgan fingerprint density at radius 3 is 3.06 bits per heavy atom. The van der Waals surface area contributed by atoms with Crippen molar-refractivity contribution in [3.8, 4) is 0 Å². The first-order valence-corrected chi connectivity index (χ1v) is 5.70. The van der Waals surface area contributed by atoms with Gasteiger partial charge in [-0.25, -0.2) is 0 Å². The maximum absolute atomic E-state index is 11.5. The fraction of sp³-hybridized carbons (Fsp3) is 0.250. The molecule has 0 radical (unpaired) electrons. The Morgan fingerprint density at radius 2 is 2.35 bits per heavy atom. The summed E-state index contributed by atoms with van der Waals surface area (Å²) < 4.78 is 0. The Hall–Kier alpha value is -1.68. The number of amides is 1. The number of rotatable bonds is 2. The van der Waals surface area contributed by atoms with Crippen molar-refractivity contribution in [1.29, 1.82) is 0 Å². The van der Waals surface area contributed by atoms with E-state index >= 15 is 0 Å². The van der Waals surface area contributed by atoms with Crippen LogP contribution >= 0.6 is 11.6 Å². The lowest BCUT2D eigenvalue weighted by molar-refractivity contribution is 0.0963. The van der Waals surface area contributed by atoms with Crippen LogP contribution < -0.4 is 5.32 Å². The second-order valence-corrected chi connectivity index (χ2v) is 4.19. The molecule has 1 aromatic carbocycles. The van der Waals surface area contributed by atoms with E-state index < -0.39 is 0 Å². The van der Waals surface area contributed by atoms with Gasteiger partial charge < -0.3 is 5.32 Å². The van der Waals surface area contributed by atoms with Gasteiger partial charge in [-0.15, -0.1) is 0 Å². The molecule has 1 heterocycles. The minimum Gasteiger partial charge on any atom is -0.355 e. The first-order valence-electron chi connectivity index (χ1n) is 5.26. The van der Waals surface area contributed by atoms with Gasteiger partial charge in [-0.3, -0.25) is 4.79 Å². The molecule has 1 atom stereocenters. The fourth-order valence-corrected chi connectivity index (χ4v) is 1.86. The van der Waals surface area contributed by atoms with Gasteiger partial charge in [-0.05, 0) is 23.3 Å². The molecule has 1 amide bonds. The summed E-state index contributed by atoms with van der Waals surface area (Å²) in [5, 5.41) is 10.2. The third-order valence-electron chi connectivity index (χ3n) is 2.52. The molecule has 88 valence electrons. The van der Waals surface area contributed by atoms with E-state index in [0.29, 0.717) is 12.0 Å². The third kappa shape index (κ3) is 2.71. The molecule has 1 N–H and O–H groups in total. The van der Waals surface area contributed by atoms with Gasteiger partial charge in [0.05, 0.1) is 6.20 Å². The molecule has 0 aromatic heterocycles. The monoisotopic (exact) mass is 249 g/mol. The van der Waals surface area contributed by atoms with Crippen LogP contribution in [0.25, 0.3) is 5.57 Å². The summed E-state index contributed by atoms with van der Waals surface area (Å²) in [7, 11) is 1.61. The van der Waals surface area contributed by atoms with E-state index in [2.05, 4.69) is 15.5 Å². The van der Waals surface area contributed by atoms with Crippen LogP contribution in [0.4, 0.5) is 0 Å². The molecule has 1 aromatic rings. The van der Waals surface area contributed by atoms with Gasteiger partial charge in [0.25, 0.3) is 5.91 Å². The third-order valence-corrected chi connectivity index (χ3v) is 2.76. The molecule has 1 aliphatic rings. The largest absolute Gasteiger partial charge is 0.355 e. The number of halogens is 1. The summed E-state index contributed by atoms with van der Waals surface area (Å²) in [5.41, 5.74) is 2.25. The van der Waals surface area contributed by atoms with Gasteiger partial charge in [0.1, 0.15) is 5.50 Å². The summed E-state index contributed by atoms with van der Waals surface area (Å²) in [6.07, 6.45) is 2.31. The van der Waals surface area contributed by atoms with Crippen LogP contribution in [0.15, 0.2) is 40.7 Å². The minimum absolute atomic E-state index is 0.104. The highest BCUT2D eigenvalue weighted by molar-refractivity contribution is 6.21. The number of hydrogen-bond donors (Lipinski definition) is 1. The van der Waals surface area contributed by atoms with Gasteiger partial charge in [-0.1, -0.05) is 23.7 Å².